The Morgan fingerprint density at radius 2 is 1.93 bits per heavy atom. The third-order valence-electron chi connectivity index (χ3n) is 4.52. The summed E-state index contributed by atoms with van der Waals surface area (Å²) in [5.74, 6) is 0.992. The van der Waals surface area contributed by atoms with E-state index in [0.29, 0.717) is 12.5 Å². The Bertz CT molecular complexity index is 1060. The first-order valence-corrected chi connectivity index (χ1v) is 9.21. The number of para-hydroxylation sites is 1. The van der Waals surface area contributed by atoms with Crippen molar-refractivity contribution in [2.24, 2.45) is 5.10 Å². The lowest BCUT2D eigenvalue weighted by Crippen LogP contribution is -2.25. The number of amides is 1. The molecule has 1 amide bonds. The summed E-state index contributed by atoms with van der Waals surface area (Å²) in [6.07, 6.45) is -0.634. The Morgan fingerprint density at radius 3 is 2.64 bits per heavy atom. The average molecular weight is 375 g/mol. The molecule has 0 fully saturated rings. The van der Waals surface area contributed by atoms with Crippen molar-refractivity contribution in [3.8, 4) is 5.75 Å². The molecule has 6 nitrogen and oxygen atoms in total. The fraction of sp³-hybridized carbons (Fsp3) is 0.227. The number of carbonyl (C=O) groups excluding carboxylic acids is 1. The van der Waals surface area contributed by atoms with Gasteiger partial charge in [-0.15, -0.1) is 5.10 Å². The van der Waals surface area contributed by atoms with Gasteiger partial charge in [-0.05, 0) is 50.2 Å². The molecule has 4 rings (SSSR count). The highest BCUT2D eigenvalue weighted by Gasteiger charge is 2.34. The molecule has 1 atom stereocenters. The molecule has 0 saturated heterocycles. The van der Waals surface area contributed by atoms with Gasteiger partial charge in [0.25, 0.3) is 0 Å². The molecular formula is C22H21N3O3. The van der Waals surface area contributed by atoms with Gasteiger partial charge in [0.1, 0.15) is 5.75 Å². The van der Waals surface area contributed by atoms with Gasteiger partial charge in [-0.2, -0.15) is 5.01 Å². The van der Waals surface area contributed by atoms with E-state index in [2.05, 4.69) is 10.1 Å². The maximum atomic E-state index is 12.3. The second-order valence-corrected chi connectivity index (χ2v) is 6.57. The van der Waals surface area contributed by atoms with Crippen molar-refractivity contribution in [3.05, 3.63) is 71.4 Å². The van der Waals surface area contributed by atoms with E-state index in [4.69, 9.17) is 9.47 Å². The summed E-state index contributed by atoms with van der Waals surface area (Å²) >= 11 is 0. The van der Waals surface area contributed by atoms with Gasteiger partial charge >= 0.3 is 0 Å². The molecule has 1 aliphatic heterocycles. The quantitative estimate of drug-likeness (QED) is 0.686. The highest BCUT2D eigenvalue weighted by atomic mass is 16.5. The van der Waals surface area contributed by atoms with Gasteiger partial charge in [0.05, 0.1) is 12.1 Å². The number of hydrogen-bond acceptors (Lipinski definition) is 5. The first kappa shape index (κ1) is 18.0. The summed E-state index contributed by atoms with van der Waals surface area (Å²) in [6.45, 7) is 5.95. The largest absolute Gasteiger partial charge is 0.494 e. The van der Waals surface area contributed by atoms with E-state index in [1.165, 1.54) is 11.9 Å². The minimum atomic E-state index is -0.634. The van der Waals surface area contributed by atoms with Crippen LogP contribution in [0.5, 0.6) is 5.75 Å². The van der Waals surface area contributed by atoms with Gasteiger partial charge in [0.2, 0.25) is 18.0 Å². The van der Waals surface area contributed by atoms with Crippen LogP contribution >= 0.6 is 0 Å². The second kappa shape index (κ2) is 7.31. The molecule has 1 aliphatic rings. The number of hydrazone groups is 1. The molecule has 0 aliphatic carbocycles. The van der Waals surface area contributed by atoms with E-state index in [-0.39, 0.29) is 5.91 Å². The molecule has 6 heteroatoms. The number of benzene rings is 2. The van der Waals surface area contributed by atoms with E-state index in [1.54, 1.807) is 0 Å². The van der Waals surface area contributed by atoms with Crippen LogP contribution in [-0.2, 0) is 9.53 Å². The van der Waals surface area contributed by atoms with E-state index < -0.39 is 6.23 Å². The Balaban J connectivity index is 1.73. The molecule has 28 heavy (non-hydrogen) atoms. The van der Waals surface area contributed by atoms with Gasteiger partial charge in [-0.1, -0.05) is 18.2 Å². The molecular weight excluding hydrogens is 354 g/mol. The summed E-state index contributed by atoms with van der Waals surface area (Å²) in [6, 6.07) is 17.2. The average Bonchev–Trinajstić information content (AvgIpc) is 3.14. The van der Waals surface area contributed by atoms with Gasteiger partial charge in [-0.3, -0.25) is 9.78 Å². The molecule has 2 aromatic carbocycles. The van der Waals surface area contributed by atoms with Crippen molar-refractivity contribution >= 4 is 22.7 Å². The number of fused-ring (bicyclic) bond motifs is 1. The second-order valence-electron chi connectivity index (χ2n) is 6.57. The van der Waals surface area contributed by atoms with Crippen molar-refractivity contribution in [1.82, 2.24) is 9.99 Å². The minimum Gasteiger partial charge on any atom is -0.494 e. The van der Waals surface area contributed by atoms with Crippen LogP contribution in [-0.4, -0.2) is 28.4 Å². The highest BCUT2D eigenvalue weighted by molar-refractivity contribution is 5.97. The topological polar surface area (TPSA) is 64.0 Å². The lowest BCUT2D eigenvalue weighted by atomic mass is 10.1. The molecule has 0 spiro atoms. The van der Waals surface area contributed by atoms with E-state index >= 15 is 0 Å². The zero-order chi connectivity index (χ0) is 19.7. The van der Waals surface area contributed by atoms with Crippen LogP contribution in [0.3, 0.4) is 0 Å². The number of hydrogen-bond donors (Lipinski definition) is 0. The number of aryl methyl sites for hydroxylation is 1. The monoisotopic (exact) mass is 375 g/mol. The van der Waals surface area contributed by atoms with Gasteiger partial charge < -0.3 is 9.47 Å². The van der Waals surface area contributed by atoms with Crippen LogP contribution in [0.4, 0.5) is 0 Å². The van der Waals surface area contributed by atoms with Crippen molar-refractivity contribution in [2.45, 2.75) is 27.0 Å². The van der Waals surface area contributed by atoms with Crippen LogP contribution in [0.15, 0.2) is 59.7 Å². The van der Waals surface area contributed by atoms with E-state index in [0.717, 1.165) is 33.5 Å². The first-order chi connectivity index (χ1) is 13.6. The standard InChI is InChI=1S/C22H21N3O3/c1-4-27-17-11-9-16(10-12-17)21-24-25(15(3)26)22(28-21)19-13-14(2)23-20-8-6-5-7-18(19)20/h5-13,22H,4H2,1-3H3/t22-/m0/s1. The Morgan fingerprint density at radius 1 is 1.18 bits per heavy atom. The predicted molar refractivity (Wildman–Crippen MR) is 107 cm³/mol. The summed E-state index contributed by atoms with van der Waals surface area (Å²) in [5, 5.41) is 6.76. The van der Waals surface area contributed by atoms with Gasteiger partial charge in [0, 0.05) is 29.1 Å². The minimum absolute atomic E-state index is 0.190. The molecule has 0 bridgehead atoms. The zero-order valence-electron chi connectivity index (χ0n) is 16.0. The lowest BCUT2D eigenvalue weighted by Gasteiger charge is -2.21. The summed E-state index contributed by atoms with van der Waals surface area (Å²) in [5.41, 5.74) is 3.37. The van der Waals surface area contributed by atoms with Crippen molar-refractivity contribution in [1.29, 1.82) is 0 Å². The Labute approximate surface area is 163 Å². The van der Waals surface area contributed by atoms with Crippen LogP contribution in [0.2, 0.25) is 0 Å². The maximum absolute atomic E-state index is 12.3. The highest BCUT2D eigenvalue weighted by Crippen LogP contribution is 2.34. The number of pyridine rings is 1. The number of aromatic nitrogens is 1. The van der Waals surface area contributed by atoms with E-state index in [9.17, 15) is 4.79 Å². The molecule has 0 radical (unpaired) electrons. The molecule has 0 unspecified atom stereocenters. The van der Waals surface area contributed by atoms with Crippen LogP contribution in [0.1, 0.15) is 36.9 Å². The molecule has 0 N–H and O–H groups in total. The SMILES string of the molecule is CCOc1ccc(C2=NN(C(C)=O)[C@H](c3cc(C)nc4ccccc34)O2)cc1. The predicted octanol–water partition coefficient (Wildman–Crippen LogP) is 4.18. The Hall–Kier alpha value is -3.41. The number of rotatable bonds is 4. The van der Waals surface area contributed by atoms with Gasteiger partial charge in [-0.25, -0.2) is 0 Å². The third kappa shape index (κ3) is 3.29. The normalized spacial score (nSPS) is 16.0. The van der Waals surface area contributed by atoms with E-state index in [1.807, 2.05) is 68.4 Å². The van der Waals surface area contributed by atoms with Gasteiger partial charge in [0.15, 0.2) is 0 Å². The summed E-state index contributed by atoms with van der Waals surface area (Å²) in [4.78, 5) is 16.8. The molecule has 1 aromatic heterocycles. The number of carbonyl (C=O) groups is 1. The Kier molecular flexibility index (Phi) is 4.69. The van der Waals surface area contributed by atoms with Crippen molar-refractivity contribution in [3.63, 3.8) is 0 Å². The van der Waals surface area contributed by atoms with Crippen LogP contribution in [0.25, 0.3) is 10.9 Å². The first-order valence-electron chi connectivity index (χ1n) is 9.21. The molecule has 142 valence electrons. The van der Waals surface area contributed by atoms with Crippen molar-refractivity contribution in [2.75, 3.05) is 6.61 Å². The summed E-state index contributed by atoms with van der Waals surface area (Å²) in [7, 11) is 0. The van der Waals surface area contributed by atoms with Crippen molar-refractivity contribution < 1.29 is 14.3 Å². The summed E-state index contributed by atoms with van der Waals surface area (Å²) < 4.78 is 11.6. The lowest BCUT2D eigenvalue weighted by molar-refractivity contribution is -0.135. The zero-order valence-corrected chi connectivity index (χ0v) is 16.0. The van der Waals surface area contributed by atoms with Crippen LogP contribution < -0.4 is 4.74 Å². The van der Waals surface area contributed by atoms with Crippen LogP contribution in [0, 0.1) is 6.92 Å². The number of nitrogens with zero attached hydrogens (tertiary/aromatic N) is 3. The molecule has 2 heterocycles. The molecule has 3 aromatic rings. The third-order valence-corrected chi connectivity index (χ3v) is 4.52. The smallest absolute Gasteiger partial charge is 0.243 e. The fourth-order valence-electron chi connectivity index (χ4n) is 3.29. The maximum Gasteiger partial charge on any atom is 0.243 e. The molecule has 0 saturated carbocycles. The number of ether oxygens (including phenoxy) is 2. The fourth-order valence-corrected chi connectivity index (χ4v) is 3.29.